The molecule has 1 nitrogen and oxygen atoms in total. The second-order valence-corrected chi connectivity index (χ2v) is 4.59. The Morgan fingerprint density at radius 2 is 1.73 bits per heavy atom. The Balaban J connectivity index is 1.66. The Morgan fingerprint density at radius 3 is 2.47 bits per heavy atom. The topological polar surface area (TPSA) is 12.0 Å². The molecule has 1 heteroatoms. The van der Waals surface area contributed by atoms with Gasteiger partial charge in [0.15, 0.2) is 0 Å². The van der Waals surface area contributed by atoms with E-state index in [1.54, 1.807) is 0 Å². The standard InChI is InChI=1S/C14H21N/c1-3-7-13(8-4-1)11-12-15-14-9-5-2-6-10-14/h2,5-6,9-10,13,15H,1,3-4,7-8,11-12H2. The highest BCUT2D eigenvalue weighted by atomic mass is 14.9. The van der Waals surface area contributed by atoms with Crippen LogP contribution >= 0.6 is 0 Å². The molecule has 1 aromatic rings. The van der Waals surface area contributed by atoms with E-state index in [1.807, 2.05) is 0 Å². The molecule has 0 heterocycles. The number of hydrogen-bond donors (Lipinski definition) is 1. The van der Waals surface area contributed by atoms with Gasteiger partial charge >= 0.3 is 0 Å². The van der Waals surface area contributed by atoms with Crippen LogP contribution < -0.4 is 5.32 Å². The maximum atomic E-state index is 3.49. The van der Waals surface area contributed by atoms with Crippen molar-refractivity contribution in [1.82, 2.24) is 0 Å². The number of hydrogen-bond acceptors (Lipinski definition) is 1. The summed E-state index contributed by atoms with van der Waals surface area (Å²) in [5.74, 6) is 0.981. The molecule has 0 spiro atoms. The van der Waals surface area contributed by atoms with Crippen molar-refractivity contribution in [2.75, 3.05) is 11.9 Å². The number of benzene rings is 1. The summed E-state index contributed by atoms with van der Waals surface area (Å²) in [6.45, 7) is 1.13. The van der Waals surface area contributed by atoms with Crippen LogP contribution in [-0.4, -0.2) is 6.54 Å². The molecule has 0 bridgehead atoms. The second-order valence-electron chi connectivity index (χ2n) is 4.59. The van der Waals surface area contributed by atoms with E-state index in [-0.39, 0.29) is 0 Å². The Hall–Kier alpha value is -0.980. The molecule has 1 fully saturated rings. The normalized spacial score (nSPS) is 17.6. The molecule has 0 radical (unpaired) electrons. The van der Waals surface area contributed by atoms with Crippen LogP contribution in [0.5, 0.6) is 0 Å². The molecule has 1 aliphatic rings. The van der Waals surface area contributed by atoms with E-state index < -0.39 is 0 Å². The summed E-state index contributed by atoms with van der Waals surface area (Å²) < 4.78 is 0. The SMILES string of the molecule is c1ccc(NCCC2CCCCC2)cc1. The molecule has 1 aromatic carbocycles. The molecule has 0 atom stereocenters. The van der Waals surface area contributed by atoms with Gasteiger partial charge in [0, 0.05) is 12.2 Å². The van der Waals surface area contributed by atoms with Gasteiger partial charge in [-0.3, -0.25) is 0 Å². The molecular weight excluding hydrogens is 182 g/mol. The zero-order valence-electron chi connectivity index (χ0n) is 9.41. The predicted octanol–water partition coefficient (Wildman–Crippen LogP) is 4.07. The van der Waals surface area contributed by atoms with Gasteiger partial charge in [-0.05, 0) is 24.5 Å². The highest BCUT2D eigenvalue weighted by molar-refractivity contribution is 5.42. The first kappa shape index (κ1) is 10.5. The molecule has 82 valence electrons. The van der Waals surface area contributed by atoms with Gasteiger partial charge in [-0.25, -0.2) is 0 Å². The summed E-state index contributed by atoms with van der Waals surface area (Å²) in [6.07, 6.45) is 8.62. The van der Waals surface area contributed by atoms with Crippen molar-refractivity contribution < 1.29 is 0 Å². The van der Waals surface area contributed by atoms with E-state index in [2.05, 4.69) is 35.6 Å². The summed E-state index contributed by atoms with van der Waals surface area (Å²) in [7, 11) is 0. The smallest absolute Gasteiger partial charge is 0.0340 e. The fourth-order valence-corrected chi connectivity index (χ4v) is 2.45. The Kier molecular flexibility index (Phi) is 4.07. The van der Waals surface area contributed by atoms with Crippen molar-refractivity contribution in [3.8, 4) is 0 Å². The van der Waals surface area contributed by atoms with E-state index in [4.69, 9.17) is 0 Å². The average molecular weight is 203 g/mol. The number of para-hydroxylation sites is 1. The minimum Gasteiger partial charge on any atom is -0.385 e. The van der Waals surface area contributed by atoms with E-state index in [0.29, 0.717) is 0 Å². The summed E-state index contributed by atoms with van der Waals surface area (Å²) in [5.41, 5.74) is 1.26. The molecule has 0 amide bonds. The van der Waals surface area contributed by atoms with Crippen molar-refractivity contribution in [2.24, 2.45) is 5.92 Å². The van der Waals surface area contributed by atoms with Crippen molar-refractivity contribution in [3.05, 3.63) is 30.3 Å². The van der Waals surface area contributed by atoms with Gasteiger partial charge in [0.1, 0.15) is 0 Å². The van der Waals surface area contributed by atoms with Crippen LogP contribution in [0.3, 0.4) is 0 Å². The minimum absolute atomic E-state index is 0.981. The lowest BCUT2D eigenvalue weighted by atomic mass is 9.87. The molecule has 1 N–H and O–H groups in total. The molecule has 2 rings (SSSR count). The van der Waals surface area contributed by atoms with Gasteiger partial charge < -0.3 is 5.32 Å². The second kappa shape index (κ2) is 5.79. The van der Waals surface area contributed by atoms with Crippen LogP contribution in [0.4, 0.5) is 5.69 Å². The van der Waals surface area contributed by atoms with Gasteiger partial charge in [-0.2, -0.15) is 0 Å². The third-order valence-corrected chi connectivity index (χ3v) is 3.38. The summed E-state index contributed by atoms with van der Waals surface area (Å²) >= 11 is 0. The van der Waals surface area contributed by atoms with Crippen molar-refractivity contribution in [2.45, 2.75) is 38.5 Å². The van der Waals surface area contributed by atoms with Gasteiger partial charge in [0.05, 0.1) is 0 Å². The quantitative estimate of drug-likeness (QED) is 0.778. The average Bonchev–Trinajstić information content (AvgIpc) is 2.32. The third kappa shape index (κ3) is 3.58. The monoisotopic (exact) mass is 203 g/mol. The molecule has 1 aliphatic carbocycles. The minimum atomic E-state index is 0.981. The van der Waals surface area contributed by atoms with Crippen molar-refractivity contribution in [3.63, 3.8) is 0 Å². The Labute approximate surface area is 92.9 Å². The maximum Gasteiger partial charge on any atom is 0.0340 e. The van der Waals surface area contributed by atoms with Crippen LogP contribution in [0.15, 0.2) is 30.3 Å². The Bertz CT molecular complexity index is 262. The first-order chi connectivity index (χ1) is 7.45. The third-order valence-electron chi connectivity index (χ3n) is 3.38. The van der Waals surface area contributed by atoms with E-state index in [9.17, 15) is 0 Å². The van der Waals surface area contributed by atoms with Crippen LogP contribution in [0.1, 0.15) is 38.5 Å². The lowest BCUT2D eigenvalue weighted by Gasteiger charge is -2.21. The molecular formula is C14H21N. The van der Waals surface area contributed by atoms with Crippen LogP contribution in [-0.2, 0) is 0 Å². The number of anilines is 1. The van der Waals surface area contributed by atoms with E-state index in [1.165, 1.54) is 44.2 Å². The summed E-state index contributed by atoms with van der Waals surface area (Å²) in [5, 5.41) is 3.49. The molecule has 0 aliphatic heterocycles. The maximum absolute atomic E-state index is 3.49. The first-order valence-corrected chi connectivity index (χ1v) is 6.24. The molecule has 1 saturated carbocycles. The zero-order valence-corrected chi connectivity index (χ0v) is 9.41. The van der Waals surface area contributed by atoms with Gasteiger partial charge in [-0.15, -0.1) is 0 Å². The van der Waals surface area contributed by atoms with Gasteiger partial charge in [-0.1, -0.05) is 50.3 Å². The summed E-state index contributed by atoms with van der Waals surface area (Å²) in [4.78, 5) is 0. The number of rotatable bonds is 4. The molecule has 0 aromatic heterocycles. The van der Waals surface area contributed by atoms with Crippen LogP contribution in [0, 0.1) is 5.92 Å². The van der Waals surface area contributed by atoms with Gasteiger partial charge in [0.25, 0.3) is 0 Å². The largest absolute Gasteiger partial charge is 0.385 e. The summed E-state index contributed by atoms with van der Waals surface area (Å²) in [6, 6.07) is 10.5. The fraction of sp³-hybridized carbons (Fsp3) is 0.571. The highest BCUT2D eigenvalue weighted by Gasteiger charge is 2.12. The molecule has 0 unspecified atom stereocenters. The van der Waals surface area contributed by atoms with Crippen molar-refractivity contribution in [1.29, 1.82) is 0 Å². The van der Waals surface area contributed by atoms with Crippen LogP contribution in [0.25, 0.3) is 0 Å². The van der Waals surface area contributed by atoms with E-state index >= 15 is 0 Å². The highest BCUT2D eigenvalue weighted by Crippen LogP contribution is 2.26. The van der Waals surface area contributed by atoms with Crippen molar-refractivity contribution >= 4 is 5.69 Å². The fourth-order valence-electron chi connectivity index (χ4n) is 2.45. The van der Waals surface area contributed by atoms with Crippen LogP contribution in [0.2, 0.25) is 0 Å². The predicted molar refractivity (Wildman–Crippen MR) is 66.1 cm³/mol. The lowest BCUT2D eigenvalue weighted by Crippen LogP contribution is -2.12. The molecule has 0 saturated heterocycles. The first-order valence-electron chi connectivity index (χ1n) is 6.24. The lowest BCUT2D eigenvalue weighted by molar-refractivity contribution is 0.345. The molecule has 15 heavy (non-hydrogen) atoms. The Morgan fingerprint density at radius 1 is 1.00 bits per heavy atom. The zero-order chi connectivity index (χ0) is 10.3. The van der Waals surface area contributed by atoms with E-state index in [0.717, 1.165) is 12.5 Å². The van der Waals surface area contributed by atoms with Gasteiger partial charge in [0.2, 0.25) is 0 Å². The number of nitrogens with one attached hydrogen (secondary N) is 1.